The average molecular weight is 334 g/mol. The number of rotatable bonds is 6. The van der Waals surface area contributed by atoms with E-state index in [1.807, 2.05) is 0 Å². The molecule has 2 rings (SSSR count). The molecule has 0 bridgehead atoms. The lowest BCUT2D eigenvalue weighted by Gasteiger charge is -2.12. The Kier molecular flexibility index (Phi) is 5.31. The molecule has 0 unspecified atom stereocenters. The number of benzene rings is 2. The molecule has 126 valence electrons. The standard InChI is InChI=1S/C16H15FN2O5/c1-3-24-15-8-12(13(19(21)22)9-14(15)23-2)16(20)18-11-6-4-10(17)5-7-11/h4-9H,3H2,1-2H3,(H,18,20). The number of hydrogen-bond donors (Lipinski definition) is 1. The third kappa shape index (κ3) is 3.78. The van der Waals surface area contributed by atoms with Crippen LogP contribution in [0.5, 0.6) is 11.5 Å². The number of nitro benzene ring substituents is 1. The Morgan fingerprint density at radius 1 is 1.25 bits per heavy atom. The number of methoxy groups -OCH3 is 1. The van der Waals surface area contributed by atoms with E-state index in [4.69, 9.17) is 9.47 Å². The third-order valence-electron chi connectivity index (χ3n) is 3.13. The molecule has 0 saturated carbocycles. The molecule has 2 aromatic rings. The Labute approximate surface area is 137 Å². The van der Waals surface area contributed by atoms with Crippen LogP contribution in [0.1, 0.15) is 17.3 Å². The van der Waals surface area contributed by atoms with E-state index >= 15 is 0 Å². The number of carbonyl (C=O) groups excluding carboxylic acids is 1. The van der Waals surface area contributed by atoms with Gasteiger partial charge in [0, 0.05) is 11.8 Å². The van der Waals surface area contributed by atoms with Gasteiger partial charge in [0.1, 0.15) is 11.4 Å². The first-order valence-corrected chi connectivity index (χ1v) is 7.02. The highest BCUT2D eigenvalue weighted by molar-refractivity contribution is 6.07. The van der Waals surface area contributed by atoms with E-state index < -0.39 is 22.3 Å². The quantitative estimate of drug-likeness (QED) is 0.646. The van der Waals surface area contributed by atoms with Crippen molar-refractivity contribution in [1.82, 2.24) is 0 Å². The second kappa shape index (κ2) is 7.40. The molecule has 8 heteroatoms. The molecule has 1 N–H and O–H groups in total. The van der Waals surface area contributed by atoms with E-state index in [9.17, 15) is 19.3 Å². The van der Waals surface area contributed by atoms with Crippen LogP contribution < -0.4 is 14.8 Å². The van der Waals surface area contributed by atoms with Gasteiger partial charge in [0.05, 0.1) is 24.7 Å². The lowest BCUT2D eigenvalue weighted by molar-refractivity contribution is -0.385. The maximum atomic E-state index is 12.9. The number of nitrogens with one attached hydrogen (secondary N) is 1. The molecule has 0 saturated heterocycles. The molecule has 0 atom stereocenters. The van der Waals surface area contributed by atoms with Gasteiger partial charge in [-0.25, -0.2) is 4.39 Å². The highest BCUT2D eigenvalue weighted by atomic mass is 19.1. The highest BCUT2D eigenvalue weighted by Gasteiger charge is 2.24. The maximum Gasteiger partial charge on any atom is 0.286 e. The predicted octanol–water partition coefficient (Wildman–Crippen LogP) is 3.39. The zero-order valence-corrected chi connectivity index (χ0v) is 13.0. The lowest BCUT2D eigenvalue weighted by atomic mass is 10.1. The summed E-state index contributed by atoms with van der Waals surface area (Å²) in [5, 5.41) is 13.7. The molecule has 2 aromatic carbocycles. The van der Waals surface area contributed by atoms with Crippen LogP contribution in [0.15, 0.2) is 36.4 Å². The Bertz CT molecular complexity index is 762. The van der Waals surface area contributed by atoms with Gasteiger partial charge >= 0.3 is 0 Å². The number of carbonyl (C=O) groups is 1. The van der Waals surface area contributed by atoms with E-state index in [1.165, 1.54) is 37.4 Å². The molecule has 0 aliphatic carbocycles. The number of anilines is 1. The van der Waals surface area contributed by atoms with Gasteiger partial charge in [-0.2, -0.15) is 0 Å². The molecule has 0 spiro atoms. The predicted molar refractivity (Wildman–Crippen MR) is 85.2 cm³/mol. The number of nitro groups is 1. The first kappa shape index (κ1) is 17.2. The summed E-state index contributed by atoms with van der Waals surface area (Å²) in [5.74, 6) is -0.796. The zero-order chi connectivity index (χ0) is 17.7. The fourth-order valence-electron chi connectivity index (χ4n) is 2.04. The minimum Gasteiger partial charge on any atom is -0.493 e. The van der Waals surface area contributed by atoms with Crippen molar-refractivity contribution in [2.75, 3.05) is 19.0 Å². The second-order valence-corrected chi connectivity index (χ2v) is 4.67. The molecular formula is C16H15FN2O5. The molecule has 0 aliphatic rings. The van der Waals surface area contributed by atoms with Gasteiger partial charge < -0.3 is 14.8 Å². The largest absolute Gasteiger partial charge is 0.493 e. The Hall–Kier alpha value is -3.16. The van der Waals surface area contributed by atoms with Crippen molar-refractivity contribution in [3.63, 3.8) is 0 Å². The topological polar surface area (TPSA) is 90.7 Å². The van der Waals surface area contributed by atoms with Crippen LogP contribution in [0.4, 0.5) is 15.8 Å². The van der Waals surface area contributed by atoms with Gasteiger partial charge in [-0.1, -0.05) is 0 Å². The van der Waals surface area contributed by atoms with Crippen LogP contribution in [0.25, 0.3) is 0 Å². The monoisotopic (exact) mass is 334 g/mol. The molecule has 0 aliphatic heterocycles. The Morgan fingerprint density at radius 2 is 1.92 bits per heavy atom. The summed E-state index contributed by atoms with van der Waals surface area (Å²) in [5.41, 5.74) is -0.298. The fourth-order valence-corrected chi connectivity index (χ4v) is 2.04. The van der Waals surface area contributed by atoms with Gasteiger partial charge in [-0.15, -0.1) is 0 Å². The van der Waals surface area contributed by atoms with Gasteiger partial charge in [0.15, 0.2) is 11.5 Å². The van der Waals surface area contributed by atoms with Crippen molar-refractivity contribution >= 4 is 17.3 Å². The van der Waals surface area contributed by atoms with E-state index in [1.54, 1.807) is 6.92 Å². The molecule has 0 fully saturated rings. The van der Waals surface area contributed by atoms with Crippen molar-refractivity contribution in [2.24, 2.45) is 0 Å². The fraction of sp³-hybridized carbons (Fsp3) is 0.188. The van der Waals surface area contributed by atoms with E-state index in [2.05, 4.69) is 5.32 Å². The molecule has 0 aromatic heterocycles. The summed E-state index contributed by atoms with van der Waals surface area (Å²) in [6.07, 6.45) is 0. The zero-order valence-electron chi connectivity index (χ0n) is 13.0. The van der Waals surface area contributed by atoms with Crippen LogP contribution >= 0.6 is 0 Å². The molecule has 24 heavy (non-hydrogen) atoms. The molecule has 0 heterocycles. The summed E-state index contributed by atoms with van der Waals surface area (Å²) >= 11 is 0. The normalized spacial score (nSPS) is 10.1. The lowest BCUT2D eigenvalue weighted by Crippen LogP contribution is -2.14. The van der Waals surface area contributed by atoms with Crippen molar-refractivity contribution in [3.8, 4) is 11.5 Å². The second-order valence-electron chi connectivity index (χ2n) is 4.67. The van der Waals surface area contributed by atoms with Gasteiger partial charge in [0.2, 0.25) is 0 Å². The van der Waals surface area contributed by atoms with E-state index in [-0.39, 0.29) is 17.1 Å². The van der Waals surface area contributed by atoms with Crippen molar-refractivity contribution in [1.29, 1.82) is 0 Å². The van der Waals surface area contributed by atoms with Crippen LogP contribution in [-0.4, -0.2) is 24.5 Å². The van der Waals surface area contributed by atoms with E-state index in [0.717, 1.165) is 6.07 Å². The van der Waals surface area contributed by atoms with Crippen LogP contribution in [0.2, 0.25) is 0 Å². The third-order valence-corrected chi connectivity index (χ3v) is 3.13. The summed E-state index contributed by atoms with van der Waals surface area (Å²) in [7, 11) is 1.35. The molecular weight excluding hydrogens is 319 g/mol. The maximum absolute atomic E-state index is 12.9. The number of hydrogen-bond acceptors (Lipinski definition) is 5. The Balaban J connectivity index is 2.42. The van der Waals surface area contributed by atoms with Crippen LogP contribution in [0.3, 0.4) is 0 Å². The summed E-state index contributed by atoms with van der Waals surface area (Å²) in [4.78, 5) is 22.9. The number of nitrogens with zero attached hydrogens (tertiary/aromatic N) is 1. The number of amides is 1. The van der Waals surface area contributed by atoms with Crippen LogP contribution in [-0.2, 0) is 0 Å². The van der Waals surface area contributed by atoms with Crippen LogP contribution in [0, 0.1) is 15.9 Å². The Morgan fingerprint density at radius 3 is 2.46 bits per heavy atom. The minimum absolute atomic E-state index is 0.155. The summed E-state index contributed by atoms with van der Waals surface area (Å²) in [6, 6.07) is 7.43. The van der Waals surface area contributed by atoms with Gasteiger partial charge in [0.25, 0.3) is 11.6 Å². The molecule has 7 nitrogen and oxygen atoms in total. The highest BCUT2D eigenvalue weighted by Crippen LogP contribution is 2.35. The number of ether oxygens (including phenoxy) is 2. The van der Waals surface area contributed by atoms with Gasteiger partial charge in [-0.05, 0) is 31.2 Å². The molecule has 0 radical (unpaired) electrons. The first-order chi connectivity index (χ1) is 11.5. The summed E-state index contributed by atoms with van der Waals surface area (Å²) < 4.78 is 23.3. The van der Waals surface area contributed by atoms with Gasteiger partial charge in [-0.3, -0.25) is 14.9 Å². The minimum atomic E-state index is -0.711. The van der Waals surface area contributed by atoms with E-state index in [0.29, 0.717) is 12.3 Å². The SMILES string of the molecule is CCOc1cc(C(=O)Nc2ccc(F)cc2)c([N+](=O)[O-])cc1OC. The van der Waals surface area contributed by atoms with Crippen molar-refractivity contribution < 1.29 is 23.6 Å². The number of halogens is 1. The van der Waals surface area contributed by atoms with Crippen molar-refractivity contribution in [3.05, 3.63) is 57.9 Å². The molecule has 1 amide bonds. The average Bonchev–Trinajstić information content (AvgIpc) is 2.56. The first-order valence-electron chi connectivity index (χ1n) is 7.02. The summed E-state index contributed by atoms with van der Waals surface area (Å²) in [6.45, 7) is 2.03. The smallest absolute Gasteiger partial charge is 0.286 e. The van der Waals surface area contributed by atoms with Crippen molar-refractivity contribution in [2.45, 2.75) is 6.92 Å².